The number of benzene rings is 13. The van der Waals surface area contributed by atoms with E-state index in [1.54, 1.807) is 0 Å². The number of aromatic nitrogens is 5. The predicted molar refractivity (Wildman–Crippen MR) is 378 cm³/mol. The van der Waals surface area contributed by atoms with E-state index in [2.05, 4.69) is 287 Å². The lowest BCUT2D eigenvalue weighted by Gasteiger charge is -2.14. The fourth-order valence-electron chi connectivity index (χ4n) is 14.6. The van der Waals surface area contributed by atoms with Crippen molar-refractivity contribution in [3.63, 3.8) is 0 Å². The highest BCUT2D eigenvalue weighted by atomic mass is 32.1. The molecule has 0 atom stereocenters. The molecule has 5 nitrogen and oxygen atoms in total. The Hall–Kier alpha value is -10.7. The molecule has 0 saturated carbocycles. The van der Waals surface area contributed by atoms with Gasteiger partial charge < -0.3 is 13.7 Å². The topological polar surface area (TPSA) is 40.6 Å². The van der Waals surface area contributed by atoms with Gasteiger partial charge in [0.1, 0.15) is 0 Å². The number of para-hydroxylation sites is 3. The smallest absolute Gasteiger partial charge is 0.160 e. The van der Waals surface area contributed by atoms with Crippen LogP contribution in [0.15, 0.2) is 273 Å². The molecule has 0 aliphatic carbocycles. The van der Waals surface area contributed by atoms with Crippen LogP contribution >= 0.6 is 34.0 Å². The van der Waals surface area contributed by atoms with Crippen LogP contribution in [0.1, 0.15) is 0 Å². The zero-order valence-electron chi connectivity index (χ0n) is 46.9. The summed E-state index contributed by atoms with van der Waals surface area (Å²) in [6.07, 6.45) is 0. The van der Waals surface area contributed by atoms with Crippen molar-refractivity contribution in [1.29, 1.82) is 0 Å². The maximum atomic E-state index is 5.65. The van der Waals surface area contributed by atoms with Crippen molar-refractivity contribution in [3.8, 4) is 50.8 Å². The molecule has 0 spiro atoms. The maximum Gasteiger partial charge on any atom is 0.160 e. The molecule has 0 N–H and O–H groups in total. The lowest BCUT2D eigenvalue weighted by atomic mass is 9.99. The summed E-state index contributed by atoms with van der Waals surface area (Å²) in [6.45, 7) is 0. The summed E-state index contributed by atoms with van der Waals surface area (Å²) in [5, 5.41) is 16.5. The first-order valence-corrected chi connectivity index (χ1v) is 32.2. The minimum absolute atomic E-state index is 0.675. The van der Waals surface area contributed by atoms with Crippen molar-refractivity contribution in [3.05, 3.63) is 273 Å². The maximum absolute atomic E-state index is 5.65. The predicted octanol–water partition coefficient (Wildman–Crippen LogP) is 23.0. The molecule has 0 bridgehead atoms. The average molecular weight is 1170 g/mol. The van der Waals surface area contributed by atoms with E-state index in [-0.39, 0.29) is 0 Å². The van der Waals surface area contributed by atoms with Crippen LogP contribution in [0.5, 0.6) is 0 Å². The largest absolute Gasteiger partial charge is 0.309 e. The van der Waals surface area contributed by atoms with Gasteiger partial charge in [0.2, 0.25) is 0 Å². The van der Waals surface area contributed by atoms with E-state index in [0.29, 0.717) is 5.82 Å². The van der Waals surface area contributed by atoms with Crippen molar-refractivity contribution in [2.75, 3.05) is 0 Å². The molecular weight excluding hydrogens is 1130 g/mol. The van der Waals surface area contributed by atoms with Gasteiger partial charge in [-0.15, -0.1) is 34.0 Å². The van der Waals surface area contributed by atoms with Crippen LogP contribution in [-0.4, -0.2) is 23.7 Å². The van der Waals surface area contributed by atoms with E-state index < -0.39 is 0 Å². The molecular formula is C80H45N5S3. The first-order valence-electron chi connectivity index (χ1n) is 29.8. The van der Waals surface area contributed by atoms with Crippen molar-refractivity contribution < 1.29 is 0 Å². The summed E-state index contributed by atoms with van der Waals surface area (Å²) in [5.74, 6) is 0.675. The average Bonchev–Trinajstić information content (AvgIpc) is 1.77. The second kappa shape index (κ2) is 18.4. The zero-order valence-corrected chi connectivity index (χ0v) is 49.4. The number of fused-ring (bicyclic) bond motifs is 22. The number of hydrogen-bond donors (Lipinski definition) is 0. The molecule has 13 aromatic carbocycles. The van der Waals surface area contributed by atoms with Crippen LogP contribution in [0.25, 0.3) is 188 Å². The van der Waals surface area contributed by atoms with Gasteiger partial charge in [0.15, 0.2) is 5.82 Å². The number of hydrogen-bond acceptors (Lipinski definition) is 5. The molecule has 0 amide bonds. The number of rotatable bonds is 6. The highest BCUT2D eigenvalue weighted by molar-refractivity contribution is 7.27. The molecule has 0 aliphatic rings. The lowest BCUT2D eigenvalue weighted by molar-refractivity contribution is 1.17. The quantitative estimate of drug-likeness (QED) is 0.166. The van der Waals surface area contributed by atoms with Gasteiger partial charge >= 0.3 is 0 Å². The molecule has 7 heterocycles. The van der Waals surface area contributed by atoms with Crippen LogP contribution < -0.4 is 0 Å². The molecule has 20 rings (SSSR count). The van der Waals surface area contributed by atoms with Crippen LogP contribution in [0.2, 0.25) is 0 Å². The minimum atomic E-state index is 0.675. The Kier molecular flexibility index (Phi) is 10.1. The van der Waals surface area contributed by atoms with E-state index in [1.807, 2.05) is 34.0 Å². The van der Waals surface area contributed by atoms with Crippen LogP contribution in [-0.2, 0) is 0 Å². The fourth-order valence-corrected chi connectivity index (χ4v) is 18.3. The van der Waals surface area contributed by atoms with Crippen molar-refractivity contribution in [2.24, 2.45) is 0 Å². The van der Waals surface area contributed by atoms with Crippen LogP contribution in [0.3, 0.4) is 0 Å². The Morgan fingerprint density at radius 1 is 0.239 bits per heavy atom. The number of nitrogens with zero attached hydrogens (tertiary/aromatic N) is 5. The fraction of sp³-hybridized carbons (Fsp3) is 0. The Morgan fingerprint density at radius 2 is 0.648 bits per heavy atom. The van der Waals surface area contributed by atoms with Crippen molar-refractivity contribution in [2.45, 2.75) is 0 Å². The SMILES string of the molecule is c1cc(-c2nc(-c3ccc(-n4c5ccccc5c5c6sc7ccccc7c6ccc54)cc3)nc3ccc(-c4ccc(-n5c6ccccc6c6c7sc8ccccc8c7ccc65)cc4)cc23)cc(-n2c3ccccc3c3c4sc5ccccc5c4ccc32)c1. The third-order valence-electron chi connectivity index (χ3n) is 18.5. The van der Waals surface area contributed by atoms with E-state index in [4.69, 9.17) is 9.97 Å². The molecule has 0 aliphatic heterocycles. The third kappa shape index (κ3) is 6.90. The van der Waals surface area contributed by atoms with E-state index in [1.165, 1.54) is 126 Å². The summed E-state index contributed by atoms with van der Waals surface area (Å²) < 4.78 is 15.2. The third-order valence-corrected chi connectivity index (χ3v) is 22.1. The summed E-state index contributed by atoms with van der Waals surface area (Å²) >= 11 is 5.66. The van der Waals surface area contributed by atoms with Crippen LogP contribution in [0.4, 0.5) is 0 Å². The Morgan fingerprint density at radius 3 is 1.12 bits per heavy atom. The number of thiophene rings is 3. The van der Waals surface area contributed by atoms with Gasteiger partial charge in [0, 0.05) is 126 Å². The summed E-state index contributed by atoms with van der Waals surface area (Å²) in [7, 11) is 0. The molecule has 20 aromatic rings. The Bertz CT molecular complexity index is 6370. The van der Waals surface area contributed by atoms with Crippen molar-refractivity contribution >= 4 is 171 Å². The first-order chi connectivity index (χ1) is 43.6. The molecule has 0 unspecified atom stereocenters. The monoisotopic (exact) mass is 1170 g/mol. The van der Waals surface area contributed by atoms with Gasteiger partial charge in [-0.25, -0.2) is 9.97 Å². The molecule has 8 heteroatoms. The lowest BCUT2D eigenvalue weighted by Crippen LogP contribution is -1.98. The van der Waals surface area contributed by atoms with Crippen molar-refractivity contribution in [1.82, 2.24) is 23.7 Å². The summed E-state index contributed by atoms with van der Waals surface area (Å²) in [4.78, 5) is 11.1. The second-order valence-corrected chi connectivity index (χ2v) is 26.3. The Labute approximate surface area is 514 Å². The molecule has 0 fully saturated rings. The second-order valence-electron chi connectivity index (χ2n) is 23.1. The highest BCUT2D eigenvalue weighted by Gasteiger charge is 2.23. The standard InChI is InChI=1S/C80H45N5S3/c1-7-22-64-59(19-1)73-67(41-37-56-53-16-4-10-25-70(53)86-77(56)73)83(64)50-33-28-46(29-34-50)48-32-40-63-62(45-48)76(49-14-13-15-52(44-49)85-66-24-9-3-21-61(66)75-69(85)43-39-58-55-18-6-12-27-72(55)88-79(58)75)82-80(81-63)47-30-35-51(36-31-47)84-65-23-8-2-20-60(65)74-68(84)42-38-57-54-17-5-11-26-71(54)87-78(57)74/h1-45H. The Balaban J connectivity index is 0.743. The van der Waals surface area contributed by atoms with Crippen LogP contribution in [0, 0.1) is 0 Å². The molecule has 7 aromatic heterocycles. The zero-order chi connectivity index (χ0) is 57.3. The molecule has 408 valence electrons. The van der Waals surface area contributed by atoms with Gasteiger partial charge in [-0.05, 0) is 126 Å². The molecule has 88 heavy (non-hydrogen) atoms. The highest BCUT2D eigenvalue weighted by Crippen LogP contribution is 2.48. The van der Waals surface area contributed by atoms with E-state index in [9.17, 15) is 0 Å². The normalized spacial score (nSPS) is 12.3. The first kappa shape index (κ1) is 48.5. The molecule has 0 saturated heterocycles. The van der Waals surface area contributed by atoms with Gasteiger partial charge in [0.05, 0.1) is 44.3 Å². The summed E-state index contributed by atoms with van der Waals surface area (Å²) in [5.41, 5.74) is 16.4. The van der Waals surface area contributed by atoms with Gasteiger partial charge in [0.25, 0.3) is 0 Å². The summed E-state index contributed by atoms with van der Waals surface area (Å²) in [6, 6.07) is 100. The van der Waals surface area contributed by atoms with Gasteiger partial charge in [-0.3, -0.25) is 0 Å². The minimum Gasteiger partial charge on any atom is -0.309 e. The van der Waals surface area contributed by atoms with E-state index >= 15 is 0 Å². The molecule has 0 radical (unpaired) electrons. The van der Waals surface area contributed by atoms with Gasteiger partial charge in [-0.2, -0.15) is 0 Å². The van der Waals surface area contributed by atoms with E-state index in [0.717, 1.165) is 55.9 Å². The van der Waals surface area contributed by atoms with Gasteiger partial charge in [-0.1, -0.05) is 158 Å².